The van der Waals surface area contributed by atoms with Gasteiger partial charge in [0.1, 0.15) is 0 Å². The molecule has 0 aromatic heterocycles. The first-order chi connectivity index (χ1) is 11.4. The molecule has 2 aromatic rings. The molecule has 3 nitrogen and oxygen atoms in total. The highest BCUT2D eigenvalue weighted by molar-refractivity contribution is 8.33. The van der Waals surface area contributed by atoms with Gasteiger partial charge in [-0.3, -0.25) is 0 Å². The highest BCUT2D eigenvalue weighted by atomic mass is 32.3. The first-order valence-electron chi connectivity index (χ1n) is 8.60. The van der Waals surface area contributed by atoms with E-state index >= 15 is 0 Å². The maximum absolute atomic E-state index is 12.5. The van der Waals surface area contributed by atoms with Gasteiger partial charge < -0.3 is 0 Å². The van der Waals surface area contributed by atoms with Crippen LogP contribution in [0.15, 0.2) is 41.3 Å². The lowest BCUT2D eigenvalue weighted by Crippen LogP contribution is -2.19. The Hall–Kier alpha value is -1.04. The van der Waals surface area contributed by atoms with Gasteiger partial charge in [0.15, 0.2) is 0 Å². The summed E-state index contributed by atoms with van der Waals surface area (Å²) in [6.07, 6.45) is 1.48. The van der Waals surface area contributed by atoms with Gasteiger partial charge >= 0.3 is 0 Å². The minimum atomic E-state index is -3.52. The summed E-state index contributed by atoms with van der Waals surface area (Å²) in [6.45, 7) is 8.13. The van der Waals surface area contributed by atoms with E-state index < -0.39 is 20.4 Å². The van der Waals surface area contributed by atoms with Crippen LogP contribution in [0.4, 0.5) is 0 Å². The van der Waals surface area contributed by atoms with Gasteiger partial charge in [-0.1, -0.05) is 67.8 Å². The van der Waals surface area contributed by atoms with Crippen molar-refractivity contribution in [2.75, 3.05) is 17.3 Å². The lowest BCUT2D eigenvalue weighted by atomic mass is 10.1. The fourth-order valence-electron chi connectivity index (χ4n) is 2.95. The first kappa shape index (κ1) is 19.3. The van der Waals surface area contributed by atoms with Crippen LogP contribution in [0.1, 0.15) is 39.2 Å². The van der Waals surface area contributed by atoms with Crippen molar-refractivity contribution >= 4 is 31.2 Å². The average molecular weight is 369 g/mol. The maximum Gasteiger partial charge on any atom is 0.276 e. The van der Waals surface area contributed by atoms with Crippen LogP contribution in [0.5, 0.6) is 0 Å². The quantitative estimate of drug-likeness (QED) is 0.625. The van der Waals surface area contributed by atoms with E-state index in [1.165, 1.54) is 10.9 Å². The fourth-order valence-corrected chi connectivity index (χ4v) is 8.44. The summed E-state index contributed by atoms with van der Waals surface area (Å²) in [5.74, 6) is 1.49. The van der Waals surface area contributed by atoms with Crippen molar-refractivity contribution in [1.29, 1.82) is 0 Å². The molecule has 0 saturated heterocycles. The Balaban J connectivity index is 2.57. The van der Waals surface area contributed by atoms with Crippen molar-refractivity contribution in [3.63, 3.8) is 0 Å². The van der Waals surface area contributed by atoms with E-state index in [1.807, 2.05) is 32.9 Å². The zero-order valence-corrected chi connectivity index (χ0v) is 16.7. The molecule has 0 aliphatic rings. The van der Waals surface area contributed by atoms with Crippen molar-refractivity contribution in [1.82, 2.24) is 0 Å². The second-order valence-corrected chi connectivity index (χ2v) is 11.3. The predicted molar refractivity (Wildman–Crippen MR) is 105 cm³/mol. The van der Waals surface area contributed by atoms with Gasteiger partial charge in [0.2, 0.25) is 0 Å². The largest absolute Gasteiger partial charge is 0.276 e. The molecule has 0 radical (unpaired) electrons. The van der Waals surface area contributed by atoms with Gasteiger partial charge in [-0.05, 0) is 35.7 Å². The molecule has 0 heterocycles. The summed E-state index contributed by atoms with van der Waals surface area (Å²) in [5.41, 5.74) is 1.20. The molecule has 0 bridgehead atoms. The predicted octanol–water partition coefficient (Wildman–Crippen LogP) is 5.41. The Bertz CT molecular complexity index is 793. The molecule has 0 spiro atoms. The monoisotopic (exact) mass is 368 g/mol. The highest BCUT2D eigenvalue weighted by Crippen LogP contribution is 2.59. The van der Waals surface area contributed by atoms with Gasteiger partial charge in [0.05, 0.1) is 5.75 Å². The number of aryl methyl sites for hydroxylation is 1. The molecule has 0 fully saturated rings. The molecule has 134 valence electrons. The fraction of sp³-hybridized carbons (Fsp3) is 0.474. The lowest BCUT2D eigenvalue weighted by Gasteiger charge is -2.38. The van der Waals surface area contributed by atoms with Crippen LogP contribution in [0.3, 0.4) is 0 Å². The Kier molecular flexibility index (Phi) is 6.34. The molecule has 0 N–H and O–H groups in total. The molecule has 0 atom stereocenters. The topological polar surface area (TPSA) is 43.4 Å². The Morgan fingerprint density at radius 2 is 1.54 bits per heavy atom. The number of hydrogen-bond donors (Lipinski definition) is 0. The summed E-state index contributed by atoms with van der Waals surface area (Å²) < 4.78 is 30.9. The van der Waals surface area contributed by atoms with E-state index in [9.17, 15) is 8.42 Å². The normalized spacial score (nSPS) is 13.3. The second kappa shape index (κ2) is 7.89. The van der Waals surface area contributed by atoms with E-state index in [-0.39, 0.29) is 5.75 Å². The van der Waals surface area contributed by atoms with Crippen molar-refractivity contribution in [2.24, 2.45) is 0 Å². The lowest BCUT2D eigenvalue weighted by molar-refractivity contribution is 0.506. The van der Waals surface area contributed by atoms with E-state index in [0.717, 1.165) is 16.7 Å². The molecular weight excluding hydrogens is 340 g/mol. The molecule has 0 amide bonds. The summed E-state index contributed by atoms with van der Waals surface area (Å²) in [6, 6.07) is 12.3. The number of rotatable bonds is 8. The first-order valence-corrected chi connectivity index (χ1v) is 12.1. The minimum Gasteiger partial charge on any atom is -0.216 e. The third kappa shape index (κ3) is 3.95. The second-order valence-electron chi connectivity index (χ2n) is 6.00. The molecule has 2 rings (SSSR count). The summed E-state index contributed by atoms with van der Waals surface area (Å²) in [5, 5.41) is 2.28. The Morgan fingerprint density at radius 1 is 0.917 bits per heavy atom. The average Bonchev–Trinajstić information content (AvgIpc) is 2.59. The van der Waals surface area contributed by atoms with Crippen molar-refractivity contribution < 1.29 is 12.0 Å². The van der Waals surface area contributed by atoms with Gasteiger partial charge in [-0.15, -0.1) is 0 Å². The van der Waals surface area contributed by atoms with Gasteiger partial charge in [-0.25, -0.2) is 3.63 Å². The SMILES string of the molecule is CCCCS(=O)(=O)OS(CC)(CC)c1ccc(C)c2ccccc12. The summed E-state index contributed by atoms with van der Waals surface area (Å²) in [7, 11) is -5.39. The van der Waals surface area contributed by atoms with Gasteiger partial charge in [0, 0.05) is 16.4 Å². The molecule has 0 saturated carbocycles. The van der Waals surface area contributed by atoms with Crippen molar-refractivity contribution in [3.05, 3.63) is 42.0 Å². The molecule has 0 aliphatic carbocycles. The van der Waals surface area contributed by atoms with Crippen molar-refractivity contribution in [2.45, 2.75) is 45.4 Å². The molecule has 5 heteroatoms. The Labute approximate surface area is 148 Å². The van der Waals surface area contributed by atoms with Crippen molar-refractivity contribution in [3.8, 4) is 0 Å². The zero-order chi connectivity index (χ0) is 17.8. The van der Waals surface area contributed by atoms with Crippen LogP contribution in [0.2, 0.25) is 0 Å². The van der Waals surface area contributed by atoms with E-state index in [0.29, 0.717) is 17.9 Å². The third-order valence-corrected chi connectivity index (χ3v) is 10.1. The third-order valence-electron chi connectivity index (χ3n) is 4.42. The summed E-state index contributed by atoms with van der Waals surface area (Å²) >= 11 is 0. The molecule has 24 heavy (non-hydrogen) atoms. The molecule has 2 aromatic carbocycles. The van der Waals surface area contributed by atoms with Crippen LogP contribution in [0, 0.1) is 6.92 Å². The van der Waals surface area contributed by atoms with Crippen LogP contribution >= 0.6 is 10.3 Å². The molecular formula is C19H28O3S2. The van der Waals surface area contributed by atoms with E-state index in [4.69, 9.17) is 3.63 Å². The van der Waals surface area contributed by atoms with E-state index in [1.54, 1.807) is 0 Å². The number of fused-ring (bicyclic) bond motifs is 1. The molecule has 0 unspecified atom stereocenters. The van der Waals surface area contributed by atoms with E-state index in [2.05, 4.69) is 31.2 Å². The van der Waals surface area contributed by atoms with Gasteiger partial charge in [0.25, 0.3) is 10.1 Å². The van der Waals surface area contributed by atoms with Crippen LogP contribution in [0.25, 0.3) is 10.8 Å². The zero-order valence-electron chi connectivity index (χ0n) is 15.0. The number of benzene rings is 2. The maximum atomic E-state index is 12.5. The standard InChI is InChI=1S/C19H28O3S2/c1-5-8-15-24(20,21)22-23(6-2,7-3)19-14-13-16(4)17-11-9-10-12-18(17)19/h9-14H,5-8,15H2,1-4H3. The van der Waals surface area contributed by atoms with Gasteiger partial charge in [-0.2, -0.15) is 8.42 Å². The summed E-state index contributed by atoms with van der Waals surface area (Å²) in [4.78, 5) is 1.05. The minimum absolute atomic E-state index is 0.0992. The number of unbranched alkanes of at least 4 members (excludes halogenated alkanes) is 1. The molecule has 0 aliphatic heterocycles. The smallest absolute Gasteiger partial charge is 0.216 e. The number of hydrogen-bond acceptors (Lipinski definition) is 3. The van der Waals surface area contributed by atoms with Crippen LogP contribution < -0.4 is 0 Å². The van der Waals surface area contributed by atoms with Crippen LogP contribution in [-0.2, 0) is 13.7 Å². The highest BCUT2D eigenvalue weighted by Gasteiger charge is 2.31. The van der Waals surface area contributed by atoms with Crippen LogP contribution in [-0.4, -0.2) is 25.7 Å². The Morgan fingerprint density at radius 3 is 2.12 bits per heavy atom.